The minimum Gasteiger partial charge on any atom is -0.392 e. The molecule has 0 spiro atoms. The van der Waals surface area contributed by atoms with E-state index in [2.05, 4.69) is 11.8 Å². The average molecular weight is 589 g/mol. The maximum atomic E-state index is 9.54. The van der Waals surface area contributed by atoms with Gasteiger partial charge in [0.15, 0.2) is 6.29 Å². The first kappa shape index (κ1) is 32.9. The summed E-state index contributed by atoms with van der Waals surface area (Å²) in [7, 11) is 0. The van der Waals surface area contributed by atoms with Gasteiger partial charge in [-0.25, -0.2) is 0 Å². The monoisotopic (exact) mass is 588 g/mol. The molecule has 2 heterocycles. The van der Waals surface area contributed by atoms with Crippen LogP contribution in [0.4, 0.5) is 0 Å². The van der Waals surface area contributed by atoms with Crippen molar-refractivity contribution in [2.75, 3.05) is 85.7 Å². The summed E-state index contributed by atoms with van der Waals surface area (Å²) in [5, 5.41) is 9.54. The number of benzene rings is 2. The summed E-state index contributed by atoms with van der Waals surface area (Å²) in [5.41, 5.74) is 9.78. The predicted octanol–water partition coefficient (Wildman–Crippen LogP) is 2.83. The molecule has 0 amide bonds. The van der Waals surface area contributed by atoms with Crippen molar-refractivity contribution in [1.29, 1.82) is 0 Å². The van der Waals surface area contributed by atoms with Gasteiger partial charge in [-0.2, -0.15) is 0 Å². The minimum atomic E-state index is -0.522. The second-order valence-corrected chi connectivity index (χ2v) is 10.6. The number of nitrogens with two attached hydrogens (primary N) is 1. The third kappa shape index (κ3) is 10.6. The number of hydrogen-bond acceptors (Lipinski definition) is 10. The van der Waals surface area contributed by atoms with Gasteiger partial charge in [0.25, 0.3) is 0 Å². The Kier molecular flexibility index (Phi) is 14.6. The molecule has 0 saturated carbocycles. The Morgan fingerprint density at radius 2 is 1.14 bits per heavy atom. The van der Waals surface area contributed by atoms with Gasteiger partial charge >= 0.3 is 0 Å². The predicted molar refractivity (Wildman–Crippen MR) is 158 cm³/mol. The van der Waals surface area contributed by atoms with E-state index in [9.17, 15) is 5.11 Å². The van der Waals surface area contributed by atoms with Gasteiger partial charge in [0, 0.05) is 37.7 Å². The highest BCUT2D eigenvalue weighted by Crippen LogP contribution is 2.41. The number of rotatable bonds is 6. The van der Waals surface area contributed by atoms with Crippen molar-refractivity contribution in [3.63, 3.8) is 0 Å². The van der Waals surface area contributed by atoms with Gasteiger partial charge in [0.1, 0.15) is 0 Å². The van der Waals surface area contributed by atoms with Gasteiger partial charge in [-0.05, 0) is 16.7 Å². The Labute approximate surface area is 249 Å². The first-order valence-corrected chi connectivity index (χ1v) is 15.1. The third-order valence-corrected chi connectivity index (χ3v) is 7.64. The minimum absolute atomic E-state index is 0.00891. The lowest BCUT2D eigenvalue weighted by molar-refractivity contribution is -0.276. The van der Waals surface area contributed by atoms with E-state index in [0.29, 0.717) is 79.2 Å². The van der Waals surface area contributed by atoms with Crippen LogP contribution in [0.3, 0.4) is 0 Å². The third-order valence-electron chi connectivity index (χ3n) is 7.64. The molecule has 4 atom stereocenters. The Balaban J connectivity index is 1.45. The molecule has 0 aromatic heterocycles. The van der Waals surface area contributed by atoms with Crippen molar-refractivity contribution in [2.24, 2.45) is 11.7 Å². The highest BCUT2D eigenvalue weighted by atomic mass is 16.7. The molecule has 2 fully saturated rings. The molecule has 2 aliphatic heterocycles. The van der Waals surface area contributed by atoms with Gasteiger partial charge in [-0.15, -0.1) is 0 Å². The maximum Gasteiger partial charge on any atom is 0.184 e. The summed E-state index contributed by atoms with van der Waals surface area (Å²) in [4.78, 5) is 2.34. The smallest absolute Gasteiger partial charge is 0.184 e. The van der Waals surface area contributed by atoms with Gasteiger partial charge in [-0.1, -0.05) is 55.5 Å². The molecular formula is C32H48N2O8. The Morgan fingerprint density at radius 1 is 0.667 bits per heavy atom. The normalized spacial score (nSPS) is 26.7. The zero-order valence-corrected chi connectivity index (χ0v) is 24.9. The van der Waals surface area contributed by atoms with Gasteiger partial charge in [0.05, 0.1) is 84.9 Å². The van der Waals surface area contributed by atoms with Crippen LogP contribution < -0.4 is 5.73 Å². The largest absolute Gasteiger partial charge is 0.392 e. The molecule has 2 aromatic carbocycles. The van der Waals surface area contributed by atoms with Crippen molar-refractivity contribution < 1.29 is 38.3 Å². The Hall–Kier alpha value is -1.96. The lowest BCUT2D eigenvalue weighted by Crippen LogP contribution is -2.46. The van der Waals surface area contributed by atoms with Crippen LogP contribution in [-0.4, -0.2) is 102 Å². The van der Waals surface area contributed by atoms with E-state index in [0.717, 1.165) is 35.3 Å². The van der Waals surface area contributed by atoms with Crippen LogP contribution >= 0.6 is 0 Å². The van der Waals surface area contributed by atoms with Gasteiger partial charge < -0.3 is 44.0 Å². The lowest BCUT2D eigenvalue weighted by Gasteiger charge is -2.43. The van der Waals surface area contributed by atoms with Crippen LogP contribution in [0, 0.1) is 5.92 Å². The summed E-state index contributed by atoms with van der Waals surface area (Å²) in [6.45, 7) is 10.3. The van der Waals surface area contributed by atoms with E-state index >= 15 is 0 Å². The number of nitrogens with zero attached hydrogens (tertiary/aromatic N) is 1. The van der Waals surface area contributed by atoms with Crippen molar-refractivity contribution in [3.8, 4) is 0 Å². The summed E-state index contributed by atoms with van der Waals surface area (Å²) >= 11 is 0. The first-order chi connectivity index (χ1) is 20.7. The average Bonchev–Trinajstić information content (AvgIpc) is 3.03. The van der Waals surface area contributed by atoms with Crippen LogP contribution in [0.1, 0.15) is 41.6 Å². The van der Waals surface area contributed by atoms with E-state index in [1.54, 1.807) is 0 Å². The molecule has 234 valence electrons. The Morgan fingerprint density at radius 3 is 1.64 bits per heavy atom. The SMILES string of the molecule is C[C@H]1[C@@H](CN2CCOCCOCCOCCOCCOCC2)OC(c2ccc(CN)cc2)O[C@H]1c1ccc(CO)cc1. The Bertz CT molecular complexity index is 975. The molecule has 42 heavy (non-hydrogen) atoms. The fourth-order valence-electron chi connectivity index (χ4n) is 5.06. The van der Waals surface area contributed by atoms with Crippen molar-refractivity contribution in [1.82, 2.24) is 4.90 Å². The molecule has 10 heteroatoms. The van der Waals surface area contributed by atoms with Crippen LogP contribution in [0.15, 0.2) is 48.5 Å². The van der Waals surface area contributed by atoms with E-state index in [1.807, 2.05) is 48.5 Å². The molecule has 3 N–H and O–H groups in total. The lowest BCUT2D eigenvalue weighted by atomic mass is 9.90. The van der Waals surface area contributed by atoms with Gasteiger partial charge in [-0.3, -0.25) is 4.90 Å². The summed E-state index contributed by atoms with van der Waals surface area (Å²) in [5.74, 6) is 0.0726. The zero-order chi connectivity index (χ0) is 29.4. The second-order valence-electron chi connectivity index (χ2n) is 10.6. The number of aliphatic hydroxyl groups excluding tert-OH is 1. The summed E-state index contributed by atoms with van der Waals surface area (Å²) in [6, 6.07) is 16.1. The first-order valence-electron chi connectivity index (χ1n) is 15.1. The molecule has 2 aromatic rings. The van der Waals surface area contributed by atoms with E-state index in [-0.39, 0.29) is 24.7 Å². The van der Waals surface area contributed by atoms with Crippen LogP contribution in [0.2, 0.25) is 0 Å². The molecule has 2 saturated heterocycles. The maximum absolute atomic E-state index is 9.54. The fraction of sp³-hybridized carbons (Fsp3) is 0.625. The van der Waals surface area contributed by atoms with Crippen LogP contribution in [0.25, 0.3) is 0 Å². The molecule has 0 bridgehead atoms. The highest BCUT2D eigenvalue weighted by molar-refractivity contribution is 5.27. The molecule has 10 nitrogen and oxygen atoms in total. The van der Waals surface area contributed by atoms with Crippen LogP contribution in [0.5, 0.6) is 0 Å². The standard InChI is InChI=1S/C32H48N2O8/c1-25-30(23-34-10-12-36-14-16-38-18-20-40-21-19-39-17-15-37-13-11-34)41-32(29-8-2-26(22-33)3-9-29)42-31(25)28-6-4-27(24-35)5-7-28/h2-9,25,30-32,35H,10-24,33H2,1H3/t25-,30+,31+,32?/m0/s1. The summed E-state index contributed by atoms with van der Waals surface area (Å²) in [6.07, 6.45) is -0.807. The van der Waals surface area contributed by atoms with E-state index < -0.39 is 6.29 Å². The number of ether oxygens (including phenoxy) is 7. The molecular weight excluding hydrogens is 540 g/mol. The van der Waals surface area contributed by atoms with Crippen molar-refractivity contribution >= 4 is 0 Å². The van der Waals surface area contributed by atoms with E-state index in [1.165, 1.54) is 0 Å². The molecule has 1 unspecified atom stereocenters. The highest BCUT2D eigenvalue weighted by Gasteiger charge is 2.39. The van der Waals surface area contributed by atoms with Crippen molar-refractivity contribution in [2.45, 2.75) is 38.6 Å². The van der Waals surface area contributed by atoms with Gasteiger partial charge in [0.2, 0.25) is 0 Å². The second kappa shape index (κ2) is 18.6. The molecule has 2 aliphatic rings. The molecule has 4 rings (SSSR count). The quantitative estimate of drug-likeness (QED) is 0.522. The van der Waals surface area contributed by atoms with E-state index in [4.69, 9.17) is 38.9 Å². The van der Waals surface area contributed by atoms with Crippen LogP contribution in [-0.2, 0) is 46.3 Å². The number of aliphatic hydroxyl groups is 1. The molecule has 0 aliphatic carbocycles. The zero-order valence-electron chi connectivity index (χ0n) is 24.9. The van der Waals surface area contributed by atoms with Crippen molar-refractivity contribution in [3.05, 3.63) is 70.8 Å². The fourth-order valence-corrected chi connectivity index (χ4v) is 5.06. The molecule has 0 radical (unpaired) electrons. The number of hydrogen-bond donors (Lipinski definition) is 2. The summed E-state index contributed by atoms with van der Waals surface area (Å²) < 4.78 is 41.7. The topological polar surface area (TPSA) is 114 Å².